The molecule has 0 atom stereocenters. The fourth-order valence-corrected chi connectivity index (χ4v) is 4.57. The Morgan fingerprint density at radius 2 is 2.05 bits per heavy atom. The van der Waals surface area contributed by atoms with Crippen molar-refractivity contribution >= 4 is 21.4 Å². The summed E-state index contributed by atoms with van der Waals surface area (Å²) in [5.74, 6) is 0. The van der Waals surface area contributed by atoms with Gasteiger partial charge in [-0.25, -0.2) is 13.1 Å². The van der Waals surface area contributed by atoms with Crippen LogP contribution >= 0.6 is 11.3 Å². The van der Waals surface area contributed by atoms with Crippen LogP contribution in [0.5, 0.6) is 0 Å². The molecule has 0 spiro atoms. The molecule has 0 aliphatic carbocycles. The standard InChI is InChI=1S/C13H20N4O2S2/c1-9-5-13(20-12(9)8-14-3)21(18,19)16-7-11-6-15-17(4)10(11)2/h5-6,14,16H,7-8H2,1-4H3. The summed E-state index contributed by atoms with van der Waals surface area (Å²) in [6, 6.07) is 1.72. The first-order valence-electron chi connectivity index (χ1n) is 6.56. The first kappa shape index (κ1) is 16.2. The molecule has 2 aromatic heterocycles. The average molecular weight is 328 g/mol. The summed E-state index contributed by atoms with van der Waals surface area (Å²) >= 11 is 1.30. The fourth-order valence-electron chi connectivity index (χ4n) is 1.92. The van der Waals surface area contributed by atoms with Gasteiger partial charge in [0.05, 0.1) is 6.20 Å². The van der Waals surface area contributed by atoms with E-state index in [-0.39, 0.29) is 6.54 Å². The molecule has 2 rings (SSSR count). The van der Waals surface area contributed by atoms with Gasteiger partial charge in [0.15, 0.2) is 0 Å². The van der Waals surface area contributed by atoms with E-state index in [1.807, 2.05) is 27.9 Å². The molecular weight excluding hydrogens is 308 g/mol. The molecule has 21 heavy (non-hydrogen) atoms. The van der Waals surface area contributed by atoms with Gasteiger partial charge in [-0.2, -0.15) is 5.10 Å². The van der Waals surface area contributed by atoms with Crippen molar-refractivity contribution in [2.75, 3.05) is 7.05 Å². The molecule has 0 saturated heterocycles. The fraction of sp³-hybridized carbons (Fsp3) is 0.462. The molecule has 0 amide bonds. The molecule has 116 valence electrons. The lowest BCUT2D eigenvalue weighted by Crippen LogP contribution is -2.22. The number of rotatable bonds is 6. The smallest absolute Gasteiger partial charge is 0.250 e. The highest BCUT2D eigenvalue weighted by Gasteiger charge is 2.19. The van der Waals surface area contributed by atoms with Gasteiger partial charge in [0.1, 0.15) is 4.21 Å². The van der Waals surface area contributed by atoms with E-state index >= 15 is 0 Å². The van der Waals surface area contributed by atoms with Crippen LogP contribution in [0.4, 0.5) is 0 Å². The van der Waals surface area contributed by atoms with Crippen LogP contribution in [0.15, 0.2) is 16.5 Å². The maximum absolute atomic E-state index is 12.3. The maximum Gasteiger partial charge on any atom is 0.250 e. The summed E-state index contributed by atoms with van der Waals surface area (Å²) in [6.07, 6.45) is 1.68. The van der Waals surface area contributed by atoms with E-state index in [0.717, 1.165) is 21.7 Å². The van der Waals surface area contributed by atoms with Crippen LogP contribution in [0.1, 0.15) is 21.7 Å². The van der Waals surface area contributed by atoms with Gasteiger partial charge in [0.25, 0.3) is 0 Å². The molecule has 0 aliphatic heterocycles. The van der Waals surface area contributed by atoms with Crippen molar-refractivity contribution in [1.82, 2.24) is 19.8 Å². The second kappa shape index (κ2) is 6.27. The Labute approximate surface area is 129 Å². The number of aromatic nitrogens is 2. The zero-order chi connectivity index (χ0) is 15.6. The number of hydrogen-bond donors (Lipinski definition) is 2. The Balaban J connectivity index is 2.15. The Bertz CT molecular complexity index is 731. The van der Waals surface area contributed by atoms with Crippen LogP contribution in [0, 0.1) is 13.8 Å². The average Bonchev–Trinajstić information content (AvgIpc) is 2.94. The van der Waals surface area contributed by atoms with Crippen LogP contribution in [0.25, 0.3) is 0 Å². The minimum absolute atomic E-state index is 0.250. The molecule has 2 aromatic rings. The third-order valence-corrected chi connectivity index (χ3v) is 6.50. The normalized spacial score (nSPS) is 12.0. The Morgan fingerprint density at radius 3 is 2.62 bits per heavy atom. The molecule has 0 aromatic carbocycles. The molecule has 2 N–H and O–H groups in total. The molecule has 0 aliphatic rings. The zero-order valence-corrected chi connectivity index (χ0v) is 14.2. The van der Waals surface area contributed by atoms with Crippen LogP contribution in [0.2, 0.25) is 0 Å². The quantitative estimate of drug-likeness (QED) is 0.838. The highest BCUT2D eigenvalue weighted by molar-refractivity contribution is 7.91. The largest absolute Gasteiger partial charge is 0.315 e. The van der Waals surface area contributed by atoms with Gasteiger partial charge in [0, 0.05) is 36.3 Å². The van der Waals surface area contributed by atoms with Crippen molar-refractivity contribution < 1.29 is 8.42 Å². The predicted molar refractivity (Wildman–Crippen MR) is 83.8 cm³/mol. The number of thiophene rings is 1. The Hall–Kier alpha value is -1.22. The van der Waals surface area contributed by atoms with E-state index in [1.54, 1.807) is 16.9 Å². The van der Waals surface area contributed by atoms with E-state index in [4.69, 9.17) is 0 Å². The summed E-state index contributed by atoms with van der Waals surface area (Å²) < 4.78 is 29.4. The van der Waals surface area contributed by atoms with Crippen LogP contribution < -0.4 is 10.0 Å². The van der Waals surface area contributed by atoms with E-state index in [1.165, 1.54) is 11.3 Å². The van der Waals surface area contributed by atoms with E-state index in [2.05, 4.69) is 15.1 Å². The maximum atomic E-state index is 12.3. The lowest BCUT2D eigenvalue weighted by atomic mass is 10.3. The summed E-state index contributed by atoms with van der Waals surface area (Å²) in [4.78, 5) is 1.04. The highest BCUT2D eigenvalue weighted by Crippen LogP contribution is 2.26. The molecule has 0 radical (unpaired) electrons. The lowest BCUT2D eigenvalue weighted by Gasteiger charge is -2.04. The minimum atomic E-state index is -3.48. The third-order valence-electron chi connectivity index (χ3n) is 3.39. The monoisotopic (exact) mass is 328 g/mol. The molecule has 6 nitrogen and oxygen atoms in total. The van der Waals surface area contributed by atoms with Gasteiger partial charge in [-0.15, -0.1) is 11.3 Å². The molecule has 0 saturated carbocycles. The van der Waals surface area contributed by atoms with Crippen LogP contribution in [-0.4, -0.2) is 25.2 Å². The summed E-state index contributed by atoms with van der Waals surface area (Å²) in [5.41, 5.74) is 2.83. The van der Waals surface area contributed by atoms with Gasteiger partial charge in [-0.1, -0.05) is 0 Å². The summed E-state index contributed by atoms with van der Waals surface area (Å²) in [5, 5.41) is 7.15. The first-order valence-corrected chi connectivity index (χ1v) is 8.86. The summed E-state index contributed by atoms with van der Waals surface area (Å²) in [6.45, 7) is 4.76. The molecular formula is C13H20N4O2S2. The minimum Gasteiger partial charge on any atom is -0.315 e. The zero-order valence-electron chi connectivity index (χ0n) is 12.6. The third kappa shape index (κ3) is 3.52. The first-order chi connectivity index (χ1) is 9.85. The Kier molecular flexibility index (Phi) is 4.82. The number of aryl methyl sites for hydroxylation is 2. The van der Waals surface area contributed by atoms with Crippen LogP contribution in [-0.2, 0) is 30.2 Å². The van der Waals surface area contributed by atoms with Crippen LogP contribution in [0.3, 0.4) is 0 Å². The van der Waals surface area contributed by atoms with Crippen molar-refractivity contribution in [3.63, 3.8) is 0 Å². The topological polar surface area (TPSA) is 76.0 Å². The van der Waals surface area contributed by atoms with Gasteiger partial charge >= 0.3 is 0 Å². The molecule has 2 heterocycles. The van der Waals surface area contributed by atoms with E-state index in [9.17, 15) is 8.42 Å². The lowest BCUT2D eigenvalue weighted by molar-refractivity contribution is 0.583. The van der Waals surface area contributed by atoms with Gasteiger partial charge in [-0.3, -0.25) is 4.68 Å². The highest BCUT2D eigenvalue weighted by atomic mass is 32.2. The van der Waals surface area contributed by atoms with Crippen molar-refractivity contribution in [1.29, 1.82) is 0 Å². The molecule has 0 unspecified atom stereocenters. The molecule has 0 fully saturated rings. The number of sulfonamides is 1. The molecule has 0 bridgehead atoms. The summed E-state index contributed by atoms with van der Waals surface area (Å²) in [7, 11) is 0.195. The number of nitrogens with zero attached hydrogens (tertiary/aromatic N) is 2. The van der Waals surface area contributed by atoms with E-state index < -0.39 is 10.0 Å². The van der Waals surface area contributed by atoms with E-state index in [0.29, 0.717) is 10.8 Å². The number of hydrogen-bond acceptors (Lipinski definition) is 5. The molecule has 8 heteroatoms. The van der Waals surface area contributed by atoms with Crippen molar-refractivity contribution in [3.05, 3.63) is 34.0 Å². The van der Waals surface area contributed by atoms with Crippen molar-refractivity contribution in [2.45, 2.75) is 31.1 Å². The Morgan fingerprint density at radius 1 is 1.33 bits per heavy atom. The van der Waals surface area contributed by atoms with Gasteiger partial charge in [-0.05, 0) is 32.5 Å². The second-order valence-corrected chi connectivity index (χ2v) is 8.04. The van der Waals surface area contributed by atoms with Gasteiger partial charge < -0.3 is 5.32 Å². The van der Waals surface area contributed by atoms with Gasteiger partial charge in [0.2, 0.25) is 10.0 Å². The van der Waals surface area contributed by atoms with Crippen molar-refractivity contribution in [3.8, 4) is 0 Å². The predicted octanol–water partition coefficient (Wildman–Crippen LogP) is 1.30. The number of nitrogens with one attached hydrogen (secondary N) is 2. The second-order valence-electron chi connectivity index (χ2n) is 4.91. The SMILES string of the molecule is CNCc1sc(S(=O)(=O)NCc2cnn(C)c2C)cc1C. The van der Waals surface area contributed by atoms with Crippen molar-refractivity contribution in [2.24, 2.45) is 7.05 Å².